The molecular formula is C11H23BrO2S. The maximum absolute atomic E-state index is 11.4. The summed E-state index contributed by atoms with van der Waals surface area (Å²) >= 11 is 3.60. The van der Waals surface area contributed by atoms with E-state index in [0.717, 1.165) is 25.7 Å². The Hall–Kier alpha value is 0.430. The average Bonchev–Trinajstić information content (AvgIpc) is 2.13. The predicted molar refractivity (Wildman–Crippen MR) is 70.4 cm³/mol. The van der Waals surface area contributed by atoms with Gasteiger partial charge in [-0.3, -0.25) is 0 Å². The predicted octanol–water partition coefficient (Wildman–Crippen LogP) is 3.55. The van der Waals surface area contributed by atoms with Crippen molar-refractivity contribution in [3.8, 4) is 0 Å². The molecule has 0 aliphatic carbocycles. The van der Waals surface area contributed by atoms with E-state index in [2.05, 4.69) is 22.9 Å². The Bertz CT molecular complexity index is 237. The first kappa shape index (κ1) is 15.4. The number of alkyl halides is 1. The van der Waals surface area contributed by atoms with Crippen molar-refractivity contribution >= 4 is 25.8 Å². The van der Waals surface area contributed by atoms with Crippen molar-refractivity contribution in [3.63, 3.8) is 0 Å². The second-order valence-corrected chi connectivity index (χ2v) is 7.63. The van der Waals surface area contributed by atoms with Gasteiger partial charge in [0.2, 0.25) is 0 Å². The third-order valence-electron chi connectivity index (χ3n) is 2.34. The highest BCUT2D eigenvalue weighted by atomic mass is 79.9. The molecule has 15 heavy (non-hydrogen) atoms. The van der Waals surface area contributed by atoms with Crippen LogP contribution < -0.4 is 0 Å². The van der Waals surface area contributed by atoms with Gasteiger partial charge in [-0.1, -0.05) is 42.6 Å². The Labute approximate surface area is 103 Å². The van der Waals surface area contributed by atoms with E-state index in [4.69, 9.17) is 0 Å². The molecule has 0 heterocycles. The van der Waals surface area contributed by atoms with E-state index in [1.165, 1.54) is 12.8 Å². The molecule has 0 spiro atoms. The summed E-state index contributed by atoms with van der Waals surface area (Å²) in [5.41, 5.74) is 0. The maximum Gasteiger partial charge on any atom is 0.150 e. The van der Waals surface area contributed by atoms with Crippen molar-refractivity contribution in [1.82, 2.24) is 0 Å². The van der Waals surface area contributed by atoms with Crippen LogP contribution >= 0.6 is 15.9 Å². The Morgan fingerprint density at radius 3 is 2.20 bits per heavy atom. The van der Waals surface area contributed by atoms with Gasteiger partial charge in [0, 0.05) is 10.6 Å². The molecule has 92 valence electrons. The monoisotopic (exact) mass is 298 g/mol. The van der Waals surface area contributed by atoms with Crippen molar-refractivity contribution < 1.29 is 8.42 Å². The average molecular weight is 299 g/mol. The lowest BCUT2D eigenvalue weighted by Crippen LogP contribution is -2.10. The zero-order valence-corrected chi connectivity index (χ0v) is 12.2. The molecule has 0 aromatic heterocycles. The molecular weight excluding hydrogens is 276 g/mol. The number of unbranched alkanes of at least 4 members (excludes halogenated alkanes) is 1. The highest BCUT2D eigenvalue weighted by molar-refractivity contribution is 9.09. The SMILES string of the molecule is CCCC(Br)CCCCS(=O)(=O)CCC. The number of hydrogen-bond acceptors (Lipinski definition) is 2. The van der Waals surface area contributed by atoms with Gasteiger partial charge in [-0.15, -0.1) is 0 Å². The van der Waals surface area contributed by atoms with Gasteiger partial charge in [0.15, 0.2) is 0 Å². The fourth-order valence-corrected chi connectivity index (χ4v) is 3.81. The third kappa shape index (κ3) is 9.36. The number of rotatable bonds is 9. The maximum atomic E-state index is 11.4. The van der Waals surface area contributed by atoms with Gasteiger partial charge >= 0.3 is 0 Å². The largest absolute Gasteiger partial charge is 0.229 e. The third-order valence-corrected chi connectivity index (χ3v) is 5.20. The summed E-state index contributed by atoms with van der Waals surface area (Å²) < 4.78 is 22.8. The molecule has 0 saturated carbocycles. The fourth-order valence-electron chi connectivity index (χ4n) is 1.56. The molecule has 0 radical (unpaired) electrons. The van der Waals surface area contributed by atoms with Crippen LogP contribution in [0.4, 0.5) is 0 Å². The summed E-state index contributed by atoms with van der Waals surface area (Å²) in [5.74, 6) is 0.715. The molecule has 0 bridgehead atoms. The topological polar surface area (TPSA) is 34.1 Å². The van der Waals surface area contributed by atoms with Crippen LogP contribution in [0.2, 0.25) is 0 Å². The Balaban J connectivity index is 3.54. The lowest BCUT2D eigenvalue weighted by atomic mass is 10.1. The van der Waals surface area contributed by atoms with Gasteiger partial charge in [0.1, 0.15) is 9.84 Å². The van der Waals surface area contributed by atoms with Crippen molar-refractivity contribution in [2.24, 2.45) is 0 Å². The first-order valence-corrected chi connectivity index (χ1v) is 8.60. The van der Waals surface area contributed by atoms with Crippen LogP contribution in [0.15, 0.2) is 0 Å². The fraction of sp³-hybridized carbons (Fsp3) is 1.00. The second kappa shape index (κ2) is 8.57. The zero-order chi connectivity index (χ0) is 11.7. The molecule has 0 saturated heterocycles. The van der Waals surface area contributed by atoms with E-state index >= 15 is 0 Å². The van der Waals surface area contributed by atoms with Gasteiger partial charge in [0.25, 0.3) is 0 Å². The number of sulfone groups is 1. The van der Waals surface area contributed by atoms with E-state index < -0.39 is 9.84 Å². The van der Waals surface area contributed by atoms with Crippen molar-refractivity contribution in [3.05, 3.63) is 0 Å². The molecule has 0 rings (SSSR count). The summed E-state index contributed by atoms with van der Waals surface area (Å²) in [7, 11) is -2.76. The lowest BCUT2D eigenvalue weighted by molar-refractivity contribution is 0.585. The summed E-state index contributed by atoms with van der Waals surface area (Å²) in [5, 5.41) is 0. The molecule has 0 N–H and O–H groups in total. The molecule has 0 aromatic rings. The van der Waals surface area contributed by atoms with E-state index in [-0.39, 0.29) is 0 Å². The normalized spacial score (nSPS) is 14.1. The van der Waals surface area contributed by atoms with Gasteiger partial charge in [-0.2, -0.15) is 0 Å². The van der Waals surface area contributed by atoms with E-state index in [1.807, 2.05) is 6.92 Å². The summed E-state index contributed by atoms with van der Waals surface area (Å²) in [6.07, 6.45) is 6.02. The van der Waals surface area contributed by atoms with Crippen LogP contribution in [0, 0.1) is 0 Å². The van der Waals surface area contributed by atoms with Gasteiger partial charge in [-0.25, -0.2) is 8.42 Å². The first-order valence-electron chi connectivity index (χ1n) is 5.86. The van der Waals surface area contributed by atoms with Crippen LogP contribution in [-0.4, -0.2) is 24.8 Å². The minimum atomic E-state index is -2.76. The molecule has 0 fully saturated rings. The number of halogens is 1. The minimum absolute atomic E-state index is 0.347. The molecule has 2 nitrogen and oxygen atoms in total. The first-order chi connectivity index (χ1) is 7.02. The van der Waals surface area contributed by atoms with Crippen LogP contribution in [-0.2, 0) is 9.84 Å². The van der Waals surface area contributed by atoms with Gasteiger partial charge in [-0.05, 0) is 25.7 Å². The zero-order valence-electron chi connectivity index (χ0n) is 9.84. The summed E-state index contributed by atoms with van der Waals surface area (Å²) in [4.78, 5) is 0.566. The van der Waals surface area contributed by atoms with Crippen molar-refractivity contribution in [2.75, 3.05) is 11.5 Å². The van der Waals surface area contributed by atoms with E-state index in [0.29, 0.717) is 16.3 Å². The van der Waals surface area contributed by atoms with Crippen molar-refractivity contribution in [2.45, 2.75) is 57.2 Å². The van der Waals surface area contributed by atoms with Gasteiger partial charge in [0.05, 0.1) is 5.75 Å². The highest BCUT2D eigenvalue weighted by Gasteiger charge is 2.09. The van der Waals surface area contributed by atoms with Crippen molar-refractivity contribution in [1.29, 1.82) is 0 Å². The lowest BCUT2D eigenvalue weighted by Gasteiger charge is -2.07. The Kier molecular flexibility index (Phi) is 8.81. The van der Waals surface area contributed by atoms with E-state index in [1.54, 1.807) is 0 Å². The Morgan fingerprint density at radius 1 is 1.00 bits per heavy atom. The quantitative estimate of drug-likeness (QED) is 0.482. The summed E-state index contributed by atoms with van der Waals surface area (Å²) in [6.45, 7) is 4.08. The summed E-state index contributed by atoms with van der Waals surface area (Å²) in [6, 6.07) is 0. The highest BCUT2D eigenvalue weighted by Crippen LogP contribution is 2.15. The molecule has 0 aliphatic heterocycles. The molecule has 4 heteroatoms. The van der Waals surface area contributed by atoms with Crippen LogP contribution in [0.5, 0.6) is 0 Å². The van der Waals surface area contributed by atoms with Crippen LogP contribution in [0.1, 0.15) is 52.4 Å². The number of hydrogen-bond donors (Lipinski definition) is 0. The van der Waals surface area contributed by atoms with Crippen LogP contribution in [0.25, 0.3) is 0 Å². The van der Waals surface area contributed by atoms with E-state index in [9.17, 15) is 8.42 Å². The molecule has 0 aromatic carbocycles. The smallest absolute Gasteiger partial charge is 0.150 e. The molecule has 1 atom stereocenters. The molecule has 1 unspecified atom stereocenters. The van der Waals surface area contributed by atoms with Gasteiger partial charge < -0.3 is 0 Å². The molecule has 0 amide bonds. The second-order valence-electron chi connectivity index (χ2n) is 4.03. The Morgan fingerprint density at radius 2 is 1.67 bits per heavy atom. The minimum Gasteiger partial charge on any atom is -0.229 e. The molecule has 0 aliphatic rings. The standard InChI is InChI=1S/C11H23BrO2S/c1-3-7-11(12)8-5-6-10-15(13,14)9-4-2/h11H,3-10H2,1-2H3. The van der Waals surface area contributed by atoms with Crippen LogP contribution in [0.3, 0.4) is 0 Å².